The molecule has 0 aliphatic rings. The predicted octanol–water partition coefficient (Wildman–Crippen LogP) is 5.04. The number of phenols is 1. The molecule has 0 spiro atoms. The number of hydrogen-bond donors (Lipinski definition) is 1. The van der Waals surface area contributed by atoms with Crippen LogP contribution in [-0.4, -0.2) is 11.3 Å². The van der Waals surface area contributed by atoms with Crippen molar-refractivity contribution in [3.63, 3.8) is 0 Å². The van der Waals surface area contributed by atoms with Crippen LogP contribution in [0.1, 0.15) is 31.9 Å². The van der Waals surface area contributed by atoms with Gasteiger partial charge in [-0.05, 0) is 51.8 Å². The number of benzene rings is 2. The lowest BCUT2D eigenvalue weighted by Crippen LogP contribution is -2.11. The van der Waals surface area contributed by atoms with E-state index in [-0.39, 0.29) is 5.41 Å². The number of phenolic OH excluding ortho intramolecular Hbond substituents is 1. The number of nitrogens with zero attached hydrogens (tertiary/aromatic N) is 1. The Balaban J connectivity index is 2.38. The molecule has 0 bridgehead atoms. The fourth-order valence-electron chi connectivity index (χ4n) is 1.97. The summed E-state index contributed by atoms with van der Waals surface area (Å²) in [6.45, 7) is 6.26. The molecule has 0 amide bonds. The fourth-order valence-corrected chi connectivity index (χ4v) is 2.49. The van der Waals surface area contributed by atoms with Gasteiger partial charge in [0.05, 0.1) is 5.69 Å². The van der Waals surface area contributed by atoms with Gasteiger partial charge >= 0.3 is 0 Å². The van der Waals surface area contributed by atoms with Crippen LogP contribution in [0.15, 0.2) is 47.5 Å². The molecule has 2 nitrogen and oxygen atoms in total. The number of halogens is 1. The Morgan fingerprint density at radius 1 is 1.05 bits per heavy atom. The van der Waals surface area contributed by atoms with Crippen LogP contribution >= 0.6 is 22.6 Å². The second kappa shape index (κ2) is 5.95. The maximum atomic E-state index is 10.4. The summed E-state index contributed by atoms with van der Waals surface area (Å²) in [6, 6.07) is 13.7. The Morgan fingerprint density at radius 2 is 1.75 bits per heavy atom. The lowest BCUT2D eigenvalue weighted by Gasteiger charge is -2.21. The molecule has 0 unspecified atom stereocenters. The molecular weight excluding hydrogens is 361 g/mol. The van der Waals surface area contributed by atoms with Gasteiger partial charge in [-0.2, -0.15) is 0 Å². The van der Waals surface area contributed by atoms with Gasteiger partial charge in [0, 0.05) is 15.3 Å². The van der Waals surface area contributed by atoms with E-state index >= 15 is 0 Å². The molecule has 104 valence electrons. The summed E-state index contributed by atoms with van der Waals surface area (Å²) in [5.74, 6) is 0.315. The van der Waals surface area contributed by atoms with Gasteiger partial charge in [-0.3, -0.25) is 4.99 Å². The van der Waals surface area contributed by atoms with Gasteiger partial charge in [-0.1, -0.05) is 45.0 Å². The van der Waals surface area contributed by atoms with Gasteiger partial charge in [-0.25, -0.2) is 0 Å². The van der Waals surface area contributed by atoms with E-state index in [4.69, 9.17) is 0 Å². The molecular formula is C17H18INO. The first-order valence-electron chi connectivity index (χ1n) is 6.50. The molecule has 0 aromatic heterocycles. The number of rotatable bonds is 2. The SMILES string of the molecule is CC(C)(C)c1cccc(C=Nc2ccccc2I)c1O. The minimum atomic E-state index is -0.0882. The van der Waals surface area contributed by atoms with Gasteiger partial charge in [0.2, 0.25) is 0 Å². The third kappa shape index (κ3) is 3.39. The molecule has 3 heteroatoms. The van der Waals surface area contributed by atoms with Crippen molar-refractivity contribution < 1.29 is 5.11 Å². The smallest absolute Gasteiger partial charge is 0.128 e. The summed E-state index contributed by atoms with van der Waals surface area (Å²) in [6.07, 6.45) is 1.72. The summed E-state index contributed by atoms with van der Waals surface area (Å²) in [4.78, 5) is 4.47. The van der Waals surface area contributed by atoms with E-state index in [2.05, 4.69) is 48.4 Å². The maximum absolute atomic E-state index is 10.4. The molecule has 0 fully saturated rings. The molecule has 0 saturated carbocycles. The molecule has 0 heterocycles. The first kappa shape index (κ1) is 15.0. The minimum absolute atomic E-state index is 0.0882. The average Bonchev–Trinajstić information content (AvgIpc) is 2.38. The van der Waals surface area contributed by atoms with Crippen LogP contribution in [0, 0.1) is 3.57 Å². The Hall–Kier alpha value is -1.36. The Labute approximate surface area is 133 Å². The highest BCUT2D eigenvalue weighted by molar-refractivity contribution is 14.1. The summed E-state index contributed by atoms with van der Waals surface area (Å²) < 4.78 is 1.09. The summed E-state index contributed by atoms with van der Waals surface area (Å²) in [7, 11) is 0. The first-order chi connectivity index (χ1) is 9.39. The summed E-state index contributed by atoms with van der Waals surface area (Å²) in [5, 5.41) is 10.4. The van der Waals surface area contributed by atoms with Gasteiger partial charge in [0.25, 0.3) is 0 Å². The average molecular weight is 379 g/mol. The number of aromatic hydroxyl groups is 1. The standard InChI is InChI=1S/C17H18INO/c1-17(2,3)13-8-6-7-12(16(13)20)11-19-15-10-5-4-9-14(15)18/h4-11,20H,1-3H3. The van der Waals surface area contributed by atoms with Crippen molar-refractivity contribution in [3.8, 4) is 5.75 Å². The normalized spacial score (nSPS) is 12.0. The van der Waals surface area contributed by atoms with E-state index in [1.54, 1.807) is 6.21 Å². The highest BCUT2D eigenvalue weighted by Gasteiger charge is 2.19. The Morgan fingerprint density at radius 3 is 2.40 bits per heavy atom. The Bertz CT molecular complexity index is 642. The molecule has 1 N–H and O–H groups in total. The van der Waals surface area contributed by atoms with E-state index in [1.165, 1.54) is 0 Å². The van der Waals surface area contributed by atoms with Crippen LogP contribution in [0.4, 0.5) is 5.69 Å². The van der Waals surface area contributed by atoms with Crippen LogP contribution in [0.25, 0.3) is 0 Å². The lowest BCUT2D eigenvalue weighted by molar-refractivity contribution is 0.446. The first-order valence-corrected chi connectivity index (χ1v) is 7.58. The van der Waals surface area contributed by atoms with Crippen molar-refractivity contribution >= 4 is 34.5 Å². The zero-order chi connectivity index (χ0) is 14.8. The van der Waals surface area contributed by atoms with Gasteiger partial charge in [0.1, 0.15) is 5.75 Å². The van der Waals surface area contributed by atoms with Gasteiger partial charge in [-0.15, -0.1) is 0 Å². The van der Waals surface area contributed by atoms with E-state index in [1.807, 2.05) is 42.5 Å². The monoisotopic (exact) mass is 379 g/mol. The minimum Gasteiger partial charge on any atom is -0.507 e. The molecule has 0 radical (unpaired) electrons. The topological polar surface area (TPSA) is 32.6 Å². The van der Waals surface area contributed by atoms with E-state index in [9.17, 15) is 5.11 Å². The van der Waals surface area contributed by atoms with E-state index in [0.29, 0.717) is 5.75 Å². The van der Waals surface area contributed by atoms with Crippen molar-refractivity contribution in [1.82, 2.24) is 0 Å². The highest BCUT2D eigenvalue weighted by atomic mass is 127. The van der Waals surface area contributed by atoms with Crippen molar-refractivity contribution in [2.24, 2.45) is 4.99 Å². The largest absolute Gasteiger partial charge is 0.507 e. The van der Waals surface area contributed by atoms with Crippen LogP contribution < -0.4 is 0 Å². The van der Waals surface area contributed by atoms with Gasteiger partial charge in [0.15, 0.2) is 0 Å². The molecule has 2 aromatic carbocycles. The second-order valence-corrected chi connectivity index (χ2v) is 6.87. The summed E-state index contributed by atoms with van der Waals surface area (Å²) >= 11 is 2.26. The molecule has 20 heavy (non-hydrogen) atoms. The van der Waals surface area contributed by atoms with Crippen LogP contribution in [0.2, 0.25) is 0 Å². The molecule has 0 aliphatic carbocycles. The van der Waals surface area contributed by atoms with Crippen LogP contribution in [-0.2, 0) is 5.41 Å². The molecule has 0 saturated heterocycles. The van der Waals surface area contributed by atoms with Gasteiger partial charge < -0.3 is 5.11 Å². The molecule has 0 atom stereocenters. The highest BCUT2D eigenvalue weighted by Crippen LogP contribution is 2.32. The number of hydrogen-bond acceptors (Lipinski definition) is 2. The Kier molecular flexibility index (Phi) is 4.48. The molecule has 2 aromatic rings. The second-order valence-electron chi connectivity index (χ2n) is 5.70. The fraction of sp³-hybridized carbons (Fsp3) is 0.235. The van der Waals surface area contributed by atoms with Crippen molar-refractivity contribution in [2.45, 2.75) is 26.2 Å². The number of para-hydroxylation sites is 2. The van der Waals surface area contributed by atoms with Crippen LogP contribution in [0.5, 0.6) is 5.75 Å². The third-order valence-electron chi connectivity index (χ3n) is 3.07. The lowest BCUT2D eigenvalue weighted by atomic mass is 9.85. The van der Waals surface area contributed by atoms with E-state index in [0.717, 1.165) is 20.4 Å². The number of aliphatic imine (C=N–C) groups is 1. The zero-order valence-corrected chi connectivity index (χ0v) is 14.0. The summed E-state index contributed by atoms with van der Waals surface area (Å²) in [5.41, 5.74) is 2.50. The van der Waals surface area contributed by atoms with E-state index < -0.39 is 0 Å². The zero-order valence-electron chi connectivity index (χ0n) is 11.9. The van der Waals surface area contributed by atoms with Crippen molar-refractivity contribution in [3.05, 3.63) is 57.2 Å². The predicted molar refractivity (Wildman–Crippen MR) is 93.2 cm³/mol. The van der Waals surface area contributed by atoms with Crippen molar-refractivity contribution in [1.29, 1.82) is 0 Å². The van der Waals surface area contributed by atoms with Crippen LogP contribution in [0.3, 0.4) is 0 Å². The third-order valence-corrected chi connectivity index (χ3v) is 3.98. The maximum Gasteiger partial charge on any atom is 0.128 e. The molecule has 2 rings (SSSR count). The molecule has 0 aliphatic heterocycles. The quantitative estimate of drug-likeness (QED) is 0.575. The van der Waals surface area contributed by atoms with Crippen molar-refractivity contribution in [2.75, 3.05) is 0 Å².